The zero-order valence-electron chi connectivity index (χ0n) is 14.0. The number of rotatable bonds is 7. The topological polar surface area (TPSA) is 84.6 Å². The molecule has 0 aliphatic rings. The second kappa shape index (κ2) is 8.18. The number of carbonyl (C=O) groups is 1. The molecule has 1 aromatic heterocycles. The zero-order valence-corrected chi connectivity index (χ0v) is 14.0. The van der Waals surface area contributed by atoms with Crippen molar-refractivity contribution in [3.05, 3.63) is 65.6 Å². The van der Waals surface area contributed by atoms with Gasteiger partial charge in [-0.15, -0.1) is 0 Å². The van der Waals surface area contributed by atoms with Crippen molar-refractivity contribution in [2.45, 2.75) is 12.5 Å². The van der Waals surface area contributed by atoms with Gasteiger partial charge < -0.3 is 14.9 Å². The highest BCUT2D eigenvalue weighted by Gasteiger charge is 2.22. The lowest BCUT2D eigenvalue weighted by Gasteiger charge is -2.09. The summed E-state index contributed by atoms with van der Waals surface area (Å²) in [4.78, 5) is 12.7. The number of aliphatic hydroxyl groups excluding tert-OH is 2. The van der Waals surface area contributed by atoms with Crippen molar-refractivity contribution in [3.63, 3.8) is 0 Å². The molecule has 0 saturated heterocycles. The summed E-state index contributed by atoms with van der Waals surface area (Å²) >= 11 is 0. The molecule has 3 rings (SSSR count). The van der Waals surface area contributed by atoms with Gasteiger partial charge >= 0.3 is 0 Å². The molecular formula is C19H19FN2O4. The number of hydrogen-bond acceptors (Lipinski definition) is 5. The number of aromatic nitrogens is 2. The Morgan fingerprint density at radius 3 is 2.73 bits per heavy atom. The number of ether oxygens (including phenoxy) is 1. The van der Waals surface area contributed by atoms with E-state index in [1.165, 1.54) is 18.2 Å². The first-order valence-electron chi connectivity index (χ1n) is 8.26. The first kappa shape index (κ1) is 18.2. The Hall–Kier alpha value is -2.61. The van der Waals surface area contributed by atoms with Crippen molar-refractivity contribution >= 4 is 16.8 Å². The molecule has 3 aromatic rings. The molecule has 1 unspecified atom stereocenters. The van der Waals surface area contributed by atoms with Crippen LogP contribution >= 0.6 is 0 Å². The van der Waals surface area contributed by atoms with Crippen LogP contribution in [0.1, 0.15) is 28.6 Å². The van der Waals surface area contributed by atoms with Crippen LogP contribution in [-0.2, 0) is 4.74 Å². The lowest BCUT2D eigenvalue weighted by Crippen LogP contribution is -2.15. The van der Waals surface area contributed by atoms with Crippen LogP contribution in [-0.4, -0.2) is 45.7 Å². The number of halogens is 1. The number of hydrogen-bond donors (Lipinski definition) is 2. The summed E-state index contributed by atoms with van der Waals surface area (Å²) < 4.78 is 20.2. The van der Waals surface area contributed by atoms with Crippen LogP contribution in [0.15, 0.2) is 48.5 Å². The molecule has 0 fully saturated rings. The third-order valence-corrected chi connectivity index (χ3v) is 3.92. The lowest BCUT2D eigenvalue weighted by molar-refractivity contribution is 0.0289. The molecule has 2 N–H and O–H groups in total. The maximum atomic E-state index is 13.7. The normalized spacial score (nSPS) is 12.4. The molecule has 6 nitrogen and oxygen atoms in total. The molecule has 0 amide bonds. The van der Waals surface area contributed by atoms with E-state index in [1.807, 2.05) is 0 Å². The Morgan fingerprint density at radius 1 is 1.23 bits per heavy atom. The first-order chi connectivity index (χ1) is 12.6. The fourth-order valence-corrected chi connectivity index (χ4v) is 2.66. The summed E-state index contributed by atoms with van der Waals surface area (Å²) in [5.41, 5.74) is 1.01. The molecule has 0 saturated carbocycles. The highest BCUT2D eigenvalue weighted by Crippen LogP contribution is 2.26. The van der Waals surface area contributed by atoms with Crippen LogP contribution in [0.3, 0.4) is 0 Å². The van der Waals surface area contributed by atoms with Crippen LogP contribution in [0.5, 0.6) is 0 Å². The third-order valence-electron chi connectivity index (χ3n) is 3.92. The van der Waals surface area contributed by atoms with E-state index in [0.717, 1.165) is 4.68 Å². The molecule has 1 atom stereocenters. The van der Waals surface area contributed by atoms with Crippen molar-refractivity contribution in [2.75, 3.05) is 19.8 Å². The van der Waals surface area contributed by atoms with Crippen molar-refractivity contribution < 1.29 is 24.1 Å². The largest absolute Gasteiger partial charge is 0.396 e. The van der Waals surface area contributed by atoms with Crippen LogP contribution in [0.2, 0.25) is 0 Å². The van der Waals surface area contributed by atoms with Crippen LogP contribution in [0, 0.1) is 5.82 Å². The highest BCUT2D eigenvalue weighted by atomic mass is 19.1. The monoisotopic (exact) mass is 358 g/mol. The number of aliphatic hydroxyl groups is 2. The third kappa shape index (κ3) is 3.80. The van der Waals surface area contributed by atoms with E-state index in [0.29, 0.717) is 22.9 Å². The summed E-state index contributed by atoms with van der Waals surface area (Å²) in [6.07, 6.45) is -0.675. The van der Waals surface area contributed by atoms with Gasteiger partial charge in [0.05, 0.1) is 12.1 Å². The van der Waals surface area contributed by atoms with Gasteiger partial charge in [0, 0.05) is 24.2 Å². The Morgan fingerprint density at radius 2 is 2.00 bits per heavy atom. The molecule has 0 bridgehead atoms. The molecule has 1 heterocycles. The second-order valence-corrected chi connectivity index (χ2v) is 5.80. The predicted molar refractivity (Wildman–Crippen MR) is 93.3 cm³/mol. The second-order valence-electron chi connectivity index (χ2n) is 5.80. The zero-order chi connectivity index (χ0) is 18.5. The smallest absolute Gasteiger partial charge is 0.278 e. The summed E-state index contributed by atoms with van der Waals surface area (Å²) in [7, 11) is 0. The molecule has 2 aromatic carbocycles. The van der Waals surface area contributed by atoms with Gasteiger partial charge in [-0.1, -0.05) is 18.2 Å². The molecule has 0 aliphatic heterocycles. The van der Waals surface area contributed by atoms with E-state index in [2.05, 4.69) is 5.10 Å². The minimum Gasteiger partial charge on any atom is -0.396 e. The maximum Gasteiger partial charge on any atom is 0.278 e. The van der Waals surface area contributed by atoms with Gasteiger partial charge in [-0.3, -0.25) is 4.79 Å². The molecule has 0 radical (unpaired) electrons. The Bertz CT molecular complexity index is 895. The van der Waals surface area contributed by atoms with E-state index in [-0.39, 0.29) is 31.4 Å². The van der Waals surface area contributed by atoms with E-state index >= 15 is 0 Å². The quantitative estimate of drug-likeness (QED) is 0.633. The van der Waals surface area contributed by atoms with Gasteiger partial charge in [-0.05, 0) is 36.8 Å². The molecular weight excluding hydrogens is 339 g/mol. The lowest BCUT2D eigenvalue weighted by atomic mass is 10.1. The van der Waals surface area contributed by atoms with E-state index in [4.69, 9.17) is 9.84 Å². The Labute approximate surface area is 149 Å². The van der Waals surface area contributed by atoms with Crippen LogP contribution in [0.4, 0.5) is 4.39 Å². The number of benzene rings is 2. The van der Waals surface area contributed by atoms with Crippen molar-refractivity contribution in [3.8, 4) is 0 Å². The SMILES string of the molecule is O=C(c1ccccc1)n1nc(C(O)COCCCO)c2cc(F)ccc21. The van der Waals surface area contributed by atoms with Gasteiger partial charge in [0.25, 0.3) is 5.91 Å². The van der Waals surface area contributed by atoms with Gasteiger partial charge in [0.2, 0.25) is 0 Å². The van der Waals surface area contributed by atoms with E-state index in [9.17, 15) is 14.3 Å². The van der Waals surface area contributed by atoms with E-state index < -0.39 is 11.9 Å². The minimum absolute atomic E-state index is 0.00948. The van der Waals surface area contributed by atoms with Crippen molar-refractivity contribution in [1.29, 1.82) is 0 Å². The Kier molecular flexibility index (Phi) is 5.72. The highest BCUT2D eigenvalue weighted by molar-refractivity contribution is 6.01. The number of carbonyl (C=O) groups excluding carboxylic acids is 1. The first-order valence-corrected chi connectivity index (χ1v) is 8.26. The predicted octanol–water partition coefficient (Wildman–Crippen LogP) is 2.30. The molecule has 7 heteroatoms. The average Bonchev–Trinajstić information content (AvgIpc) is 3.04. The van der Waals surface area contributed by atoms with Crippen LogP contribution in [0.25, 0.3) is 10.9 Å². The fraction of sp³-hybridized carbons (Fsp3) is 0.263. The summed E-state index contributed by atoms with van der Waals surface area (Å²) in [6.45, 7) is 0.204. The summed E-state index contributed by atoms with van der Waals surface area (Å²) in [5, 5.41) is 23.7. The fourth-order valence-electron chi connectivity index (χ4n) is 2.66. The van der Waals surface area contributed by atoms with Crippen molar-refractivity contribution in [1.82, 2.24) is 9.78 Å². The van der Waals surface area contributed by atoms with Crippen molar-refractivity contribution in [2.24, 2.45) is 0 Å². The summed E-state index contributed by atoms with van der Waals surface area (Å²) in [6, 6.07) is 12.5. The Balaban J connectivity index is 1.96. The molecule has 26 heavy (non-hydrogen) atoms. The van der Waals surface area contributed by atoms with E-state index in [1.54, 1.807) is 30.3 Å². The van der Waals surface area contributed by atoms with Gasteiger partial charge in [0.1, 0.15) is 17.6 Å². The summed E-state index contributed by atoms with van der Waals surface area (Å²) in [5.74, 6) is -0.860. The maximum absolute atomic E-state index is 13.7. The van der Waals surface area contributed by atoms with Crippen LogP contribution < -0.4 is 0 Å². The van der Waals surface area contributed by atoms with Gasteiger partial charge in [-0.2, -0.15) is 9.78 Å². The molecule has 136 valence electrons. The molecule has 0 aliphatic carbocycles. The van der Waals surface area contributed by atoms with Gasteiger partial charge in [-0.25, -0.2) is 4.39 Å². The standard InChI is InChI=1S/C19H19FN2O4/c20-14-7-8-16-15(11-14)18(17(24)12-26-10-4-9-23)21-22(16)19(25)13-5-2-1-3-6-13/h1-3,5-8,11,17,23-24H,4,9-10,12H2. The minimum atomic E-state index is -1.12. The van der Waals surface area contributed by atoms with Gasteiger partial charge in [0.15, 0.2) is 0 Å². The molecule has 0 spiro atoms. The average molecular weight is 358 g/mol. The number of nitrogens with zero attached hydrogens (tertiary/aromatic N) is 2. The number of fused-ring (bicyclic) bond motifs is 1.